The smallest absolute Gasteiger partial charge is 0.353 e. The van der Waals surface area contributed by atoms with Crippen LogP contribution in [0.25, 0.3) is 0 Å². The average molecular weight is 350 g/mol. The summed E-state index contributed by atoms with van der Waals surface area (Å²) in [6, 6.07) is -0.865. The molecule has 0 aromatic carbocycles. The second kappa shape index (κ2) is 5.03. The first-order chi connectivity index (χ1) is 11.4. The number of β-lactam (4-membered cyclic amide) rings is 1. The molecule has 3 atom stereocenters. The molecule has 126 valence electrons. The van der Waals surface area contributed by atoms with Crippen molar-refractivity contribution in [2.24, 2.45) is 13.0 Å². The highest BCUT2D eigenvalue weighted by Crippen LogP contribution is 2.53. The highest BCUT2D eigenvalue weighted by molar-refractivity contribution is 8.03. The molecule has 0 saturated carbocycles. The Balaban J connectivity index is 1.74. The first kappa shape index (κ1) is 15.1. The van der Waals surface area contributed by atoms with E-state index in [-0.39, 0.29) is 29.5 Å². The predicted octanol–water partition coefficient (Wildman–Crippen LogP) is -0.940. The fraction of sp³-hybridized carbons (Fsp3) is 0.538. The molecule has 2 saturated heterocycles. The van der Waals surface area contributed by atoms with Gasteiger partial charge in [0, 0.05) is 31.3 Å². The van der Waals surface area contributed by atoms with Crippen molar-refractivity contribution in [3.05, 3.63) is 10.6 Å². The van der Waals surface area contributed by atoms with Crippen LogP contribution in [0, 0.1) is 5.92 Å². The summed E-state index contributed by atoms with van der Waals surface area (Å²) >= 11 is 1.18. The summed E-state index contributed by atoms with van der Waals surface area (Å²) in [7, 11) is 1.67. The minimum atomic E-state index is -1.15. The third-order valence-electron chi connectivity index (χ3n) is 4.74. The number of nitrogens with zero attached hydrogens (tertiary/aromatic N) is 6. The lowest BCUT2D eigenvalue weighted by Crippen LogP contribution is -2.73. The SMILES string of the molecule is CC(=O)N1CCC2C(Sc3nnnn3C)=C(C(=O)O)N3C(=O)[C@@H]1[C@@H]23. The van der Waals surface area contributed by atoms with Crippen LogP contribution >= 0.6 is 11.8 Å². The maximum Gasteiger partial charge on any atom is 0.353 e. The Labute approximate surface area is 140 Å². The average Bonchev–Trinajstić information content (AvgIpc) is 3.07. The number of rotatable bonds is 3. The van der Waals surface area contributed by atoms with Crippen molar-refractivity contribution in [1.29, 1.82) is 0 Å². The van der Waals surface area contributed by atoms with Gasteiger partial charge in [-0.3, -0.25) is 14.5 Å². The van der Waals surface area contributed by atoms with Crippen LogP contribution in [0.4, 0.5) is 0 Å². The van der Waals surface area contributed by atoms with Gasteiger partial charge in [-0.25, -0.2) is 9.48 Å². The van der Waals surface area contributed by atoms with Crippen molar-refractivity contribution in [2.45, 2.75) is 30.6 Å². The molecule has 1 unspecified atom stereocenters. The number of aryl methyl sites for hydroxylation is 1. The van der Waals surface area contributed by atoms with Crippen molar-refractivity contribution in [3.63, 3.8) is 0 Å². The van der Waals surface area contributed by atoms with Gasteiger partial charge in [0.15, 0.2) is 0 Å². The number of carboxylic acid groups (broad SMARTS) is 1. The van der Waals surface area contributed by atoms with E-state index in [2.05, 4.69) is 15.5 Å². The molecule has 1 N–H and O–H groups in total. The van der Waals surface area contributed by atoms with Crippen LogP contribution in [0.1, 0.15) is 13.3 Å². The lowest BCUT2D eigenvalue weighted by atomic mass is 9.80. The second-order valence-electron chi connectivity index (χ2n) is 5.96. The van der Waals surface area contributed by atoms with Gasteiger partial charge in [-0.05, 0) is 28.6 Å². The summed E-state index contributed by atoms with van der Waals surface area (Å²) in [6.07, 6.45) is 0.606. The molecule has 0 radical (unpaired) electrons. The highest BCUT2D eigenvalue weighted by Gasteiger charge is 2.64. The number of aliphatic carboxylic acids is 1. The quantitative estimate of drug-likeness (QED) is 0.693. The number of carbonyl (C=O) groups is 3. The van der Waals surface area contributed by atoms with Gasteiger partial charge in [-0.1, -0.05) is 0 Å². The fourth-order valence-corrected chi connectivity index (χ4v) is 4.87. The van der Waals surface area contributed by atoms with Gasteiger partial charge < -0.3 is 10.0 Å². The molecule has 4 rings (SSSR count). The van der Waals surface area contributed by atoms with Crippen LogP contribution in [-0.4, -0.2) is 71.5 Å². The van der Waals surface area contributed by atoms with Crippen molar-refractivity contribution in [1.82, 2.24) is 30.0 Å². The number of carboxylic acids is 1. The molecule has 24 heavy (non-hydrogen) atoms. The minimum Gasteiger partial charge on any atom is -0.477 e. The zero-order chi connectivity index (χ0) is 17.2. The Bertz CT molecular complexity index is 804. The summed E-state index contributed by atoms with van der Waals surface area (Å²) in [4.78, 5) is 39.4. The summed E-state index contributed by atoms with van der Waals surface area (Å²) in [5.74, 6) is -1.76. The number of hydrogen-bond donors (Lipinski definition) is 1. The molecule has 3 aliphatic rings. The summed E-state index contributed by atoms with van der Waals surface area (Å²) in [5, 5.41) is 21.3. The van der Waals surface area contributed by atoms with Gasteiger partial charge >= 0.3 is 5.97 Å². The van der Waals surface area contributed by atoms with E-state index in [9.17, 15) is 19.5 Å². The Morgan fingerprint density at radius 2 is 2.12 bits per heavy atom. The zero-order valence-electron chi connectivity index (χ0n) is 12.9. The largest absolute Gasteiger partial charge is 0.477 e. The molecular formula is C13H14N6O4S. The van der Waals surface area contributed by atoms with Crippen molar-refractivity contribution < 1.29 is 19.5 Å². The van der Waals surface area contributed by atoms with E-state index in [1.165, 1.54) is 33.2 Å². The molecule has 0 spiro atoms. The monoisotopic (exact) mass is 350 g/mol. The van der Waals surface area contributed by atoms with E-state index in [0.717, 1.165) is 0 Å². The van der Waals surface area contributed by atoms with Gasteiger partial charge in [0.1, 0.15) is 11.7 Å². The Morgan fingerprint density at radius 3 is 2.71 bits per heavy atom. The van der Waals surface area contributed by atoms with Gasteiger partial charge in [-0.15, -0.1) is 5.10 Å². The standard InChI is InChI=1S/C13H14N6O4S/c1-5(20)18-4-3-6-7-8(18)11(21)19(7)9(12(22)23)10(6)24-13-14-15-16-17(13)2/h6-8H,3-4H2,1-2H3,(H,22,23)/t6?,7-,8+/m1/s1. The number of tetrazole rings is 1. The van der Waals surface area contributed by atoms with Crippen LogP contribution in [0.5, 0.6) is 0 Å². The number of aromatic nitrogens is 4. The highest BCUT2D eigenvalue weighted by atomic mass is 32.2. The van der Waals surface area contributed by atoms with Gasteiger partial charge in [-0.2, -0.15) is 0 Å². The van der Waals surface area contributed by atoms with E-state index >= 15 is 0 Å². The van der Waals surface area contributed by atoms with Crippen LogP contribution < -0.4 is 0 Å². The number of likely N-dealkylation sites (tertiary alicyclic amines) is 1. The minimum absolute atomic E-state index is 0.00958. The van der Waals surface area contributed by atoms with Gasteiger partial charge in [0.05, 0.1) is 6.04 Å². The first-order valence-corrected chi connectivity index (χ1v) is 8.21. The maximum absolute atomic E-state index is 12.5. The number of thioether (sulfide) groups is 1. The lowest BCUT2D eigenvalue weighted by molar-refractivity contribution is -0.168. The molecule has 0 aliphatic carbocycles. The summed E-state index contributed by atoms with van der Waals surface area (Å²) in [5.41, 5.74) is -0.00958. The molecule has 2 fully saturated rings. The van der Waals surface area contributed by atoms with E-state index in [1.54, 1.807) is 7.05 Å². The molecule has 10 nitrogen and oxygen atoms in total. The normalized spacial score (nSPS) is 28.1. The number of piperidine rings is 1. The Morgan fingerprint density at radius 1 is 1.38 bits per heavy atom. The van der Waals surface area contributed by atoms with E-state index in [0.29, 0.717) is 23.0 Å². The zero-order valence-corrected chi connectivity index (χ0v) is 13.7. The molecule has 4 heterocycles. The number of carbonyl (C=O) groups excluding carboxylic acids is 2. The third-order valence-corrected chi connectivity index (χ3v) is 5.99. The number of amides is 2. The van der Waals surface area contributed by atoms with Crippen LogP contribution in [0.2, 0.25) is 0 Å². The molecule has 1 aromatic rings. The van der Waals surface area contributed by atoms with Crippen molar-refractivity contribution in [2.75, 3.05) is 6.54 Å². The van der Waals surface area contributed by atoms with E-state index in [1.807, 2.05) is 0 Å². The molecule has 3 aliphatic heterocycles. The molecule has 2 amide bonds. The summed E-state index contributed by atoms with van der Waals surface area (Å²) < 4.78 is 1.46. The molecular weight excluding hydrogens is 336 g/mol. The topological polar surface area (TPSA) is 122 Å². The van der Waals surface area contributed by atoms with Gasteiger partial charge in [0.25, 0.3) is 5.91 Å². The fourth-order valence-electron chi connectivity index (χ4n) is 3.73. The Kier molecular flexibility index (Phi) is 3.17. The molecule has 1 aromatic heterocycles. The van der Waals surface area contributed by atoms with E-state index in [4.69, 9.17) is 0 Å². The Hall–Kier alpha value is -2.43. The molecule has 11 heteroatoms. The van der Waals surface area contributed by atoms with Crippen LogP contribution in [0.15, 0.2) is 15.8 Å². The van der Waals surface area contributed by atoms with Crippen LogP contribution in [-0.2, 0) is 21.4 Å². The van der Waals surface area contributed by atoms with Crippen molar-refractivity contribution >= 4 is 29.5 Å². The van der Waals surface area contributed by atoms with Crippen molar-refractivity contribution in [3.8, 4) is 0 Å². The maximum atomic E-state index is 12.5. The molecule has 0 bridgehead atoms. The third kappa shape index (κ3) is 1.84. The van der Waals surface area contributed by atoms with Gasteiger partial charge in [0.2, 0.25) is 11.1 Å². The first-order valence-electron chi connectivity index (χ1n) is 7.39. The predicted molar refractivity (Wildman–Crippen MR) is 79.2 cm³/mol. The number of hydrogen-bond acceptors (Lipinski definition) is 7. The van der Waals surface area contributed by atoms with Crippen LogP contribution in [0.3, 0.4) is 0 Å². The second-order valence-corrected chi connectivity index (χ2v) is 6.97. The lowest BCUT2D eigenvalue weighted by Gasteiger charge is -2.53. The summed E-state index contributed by atoms with van der Waals surface area (Å²) in [6.45, 7) is 1.87. The van der Waals surface area contributed by atoms with E-state index < -0.39 is 12.0 Å².